The summed E-state index contributed by atoms with van der Waals surface area (Å²) in [6.07, 6.45) is 2.81. The Morgan fingerprint density at radius 3 is 2.47 bits per heavy atom. The van der Waals surface area contributed by atoms with Gasteiger partial charge in [0.25, 0.3) is 10.0 Å². The fourth-order valence-corrected chi connectivity index (χ4v) is 4.52. The van der Waals surface area contributed by atoms with Crippen LogP contribution in [0.1, 0.15) is 15.9 Å². The van der Waals surface area contributed by atoms with Crippen molar-refractivity contribution in [3.8, 4) is 11.5 Å². The zero-order valence-electron chi connectivity index (χ0n) is 15.3. The van der Waals surface area contributed by atoms with Crippen molar-refractivity contribution in [1.29, 1.82) is 0 Å². The van der Waals surface area contributed by atoms with E-state index in [1.807, 2.05) is 0 Å². The molecule has 0 aliphatic rings. The topological polar surface area (TPSA) is 111 Å². The van der Waals surface area contributed by atoms with Gasteiger partial charge in [0, 0.05) is 22.8 Å². The Labute approximate surface area is 187 Å². The zero-order chi connectivity index (χ0) is 22.1. The normalized spacial score (nSPS) is 11.2. The number of rotatable bonds is 6. The second-order valence-electron chi connectivity index (χ2n) is 6.15. The summed E-state index contributed by atoms with van der Waals surface area (Å²) >= 11 is 18.0. The summed E-state index contributed by atoms with van der Waals surface area (Å²) in [5.41, 5.74) is 5.88. The molecule has 0 saturated carbocycles. The Balaban J connectivity index is 2.06. The molecule has 0 aliphatic heterocycles. The van der Waals surface area contributed by atoms with Crippen LogP contribution in [0.3, 0.4) is 0 Å². The number of nitrogens with one attached hydrogen (secondary N) is 1. The van der Waals surface area contributed by atoms with Gasteiger partial charge in [-0.05, 0) is 42.8 Å². The molecule has 30 heavy (non-hydrogen) atoms. The van der Waals surface area contributed by atoms with E-state index in [0.717, 1.165) is 0 Å². The molecular formula is C19H14Cl3N3O4S. The average molecular weight is 487 g/mol. The average Bonchev–Trinajstić information content (AvgIpc) is 2.65. The molecule has 156 valence electrons. The maximum atomic E-state index is 13.0. The number of aromatic nitrogens is 1. The van der Waals surface area contributed by atoms with Crippen molar-refractivity contribution in [1.82, 2.24) is 4.98 Å². The molecule has 0 unspecified atom stereocenters. The number of primary amides is 1. The number of aryl methyl sites for hydroxylation is 1. The number of nitrogens with zero attached hydrogens (tertiary/aromatic N) is 1. The van der Waals surface area contributed by atoms with Crippen molar-refractivity contribution >= 4 is 56.4 Å². The Kier molecular flexibility index (Phi) is 6.42. The Morgan fingerprint density at radius 1 is 1.07 bits per heavy atom. The third kappa shape index (κ3) is 4.96. The predicted octanol–water partition coefficient (Wildman–Crippen LogP) is 5.04. The lowest BCUT2D eigenvalue weighted by atomic mass is 10.2. The van der Waals surface area contributed by atoms with Gasteiger partial charge in [0.2, 0.25) is 5.91 Å². The molecule has 0 spiro atoms. The first kappa shape index (κ1) is 22.2. The lowest BCUT2D eigenvalue weighted by Crippen LogP contribution is -2.16. The zero-order valence-corrected chi connectivity index (χ0v) is 18.4. The van der Waals surface area contributed by atoms with Gasteiger partial charge in [0.1, 0.15) is 10.6 Å². The second-order valence-corrected chi connectivity index (χ2v) is 9.06. The minimum atomic E-state index is -4.16. The van der Waals surface area contributed by atoms with E-state index in [0.29, 0.717) is 15.6 Å². The van der Waals surface area contributed by atoms with Crippen LogP contribution in [0.4, 0.5) is 5.69 Å². The number of amides is 1. The van der Waals surface area contributed by atoms with E-state index in [9.17, 15) is 13.2 Å². The SMILES string of the molecule is Cc1cc(S(=O)(=O)Nc2cc(C(N)=O)ccc2Oc2cncc(Cl)c2)c(Cl)cc1Cl. The molecule has 0 radical (unpaired) electrons. The van der Waals surface area contributed by atoms with E-state index in [-0.39, 0.29) is 32.7 Å². The van der Waals surface area contributed by atoms with Crippen LogP contribution >= 0.6 is 34.8 Å². The van der Waals surface area contributed by atoms with Crippen LogP contribution in [0.25, 0.3) is 0 Å². The number of pyridine rings is 1. The van der Waals surface area contributed by atoms with E-state index in [4.69, 9.17) is 45.3 Å². The quantitative estimate of drug-likeness (QED) is 0.507. The fraction of sp³-hybridized carbons (Fsp3) is 0.0526. The summed E-state index contributed by atoms with van der Waals surface area (Å²) in [6, 6.07) is 8.22. The highest BCUT2D eigenvalue weighted by atomic mass is 35.5. The summed E-state index contributed by atoms with van der Waals surface area (Å²) in [7, 11) is -4.16. The molecule has 1 aromatic heterocycles. The van der Waals surface area contributed by atoms with Gasteiger partial charge in [-0.1, -0.05) is 34.8 Å². The number of carbonyl (C=O) groups excluding carboxylic acids is 1. The molecule has 0 aliphatic carbocycles. The largest absolute Gasteiger partial charge is 0.453 e. The van der Waals surface area contributed by atoms with Gasteiger partial charge in [-0.3, -0.25) is 14.5 Å². The first-order valence-electron chi connectivity index (χ1n) is 8.27. The first-order valence-corrected chi connectivity index (χ1v) is 10.9. The molecule has 7 nitrogen and oxygen atoms in total. The van der Waals surface area contributed by atoms with Crippen molar-refractivity contribution in [2.24, 2.45) is 5.73 Å². The van der Waals surface area contributed by atoms with Crippen LogP contribution in [-0.4, -0.2) is 19.3 Å². The van der Waals surface area contributed by atoms with Crippen LogP contribution in [0.5, 0.6) is 11.5 Å². The molecular weight excluding hydrogens is 473 g/mol. The molecule has 1 amide bonds. The molecule has 3 rings (SSSR count). The van der Waals surface area contributed by atoms with Gasteiger partial charge in [-0.2, -0.15) is 0 Å². The summed E-state index contributed by atoms with van der Waals surface area (Å²) in [5.74, 6) is -0.392. The number of nitrogens with two attached hydrogens (primary N) is 1. The number of sulfonamides is 1. The first-order chi connectivity index (χ1) is 14.1. The molecule has 0 fully saturated rings. The van der Waals surface area contributed by atoms with E-state index in [1.54, 1.807) is 6.92 Å². The maximum Gasteiger partial charge on any atom is 0.263 e. The van der Waals surface area contributed by atoms with E-state index in [1.165, 1.54) is 48.8 Å². The number of halogens is 3. The third-order valence-corrected chi connectivity index (χ3v) is 6.36. The van der Waals surface area contributed by atoms with Gasteiger partial charge >= 0.3 is 0 Å². The molecule has 1 heterocycles. The number of hydrogen-bond donors (Lipinski definition) is 2. The van der Waals surface area contributed by atoms with Gasteiger partial charge in [0.15, 0.2) is 5.75 Å². The monoisotopic (exact) mass is 485 g/mol. The minimum Gasteiger partial charge on any atom is -0.453 e. The van der Waals surface area contributed by atoms with E-state index < -0.39 is 15.9 Å². The summed E-state index contributed by atoms with van der Waals surface area (Å²) < 4.78 is 34.0. The molecule has 3 aromatic rings. The van der Waals surface area contributed by atoms with Crippen molar-refractivity contribution in [3.05, 3.63) is 75.0 Å². The van der Waals surface area contributed by atoms with Crippen molar-refractivity contribution in [2.75, 3.05) is 4.72 Å². The number of ether oxygens (including phenoxy) is 1. The number of benzene rings is 2. The summed E-state index contributed by atoms with van der Waals surface area (Å²) in [4.78, 5) is 15.3. The van der Waals surface area contributed by atoms with Gasteiger partial charge in [-0.25, -0.2) is 8.42 Å². The van der Waals surface area contributed by atoms with Crippen molar-refractivity contribution < 1.29 is 17.9 Å². The van der Waals surface area contributed by atoms with Crippen molar-refractivity contribution in [3.63, 3.8) is 0 Å². The molecule has 0 bridgehead atoms. The van der Waals surface area contributed by atoms with Crippen LogP contribution in [0.15, 0.2) is 53.7 Å². The van der Waals surface area contributed by atoms with E-state index in [2.05, 4.69) is 9.71 Å². The predicted molar refractivity (Wildman–Crippen MR) is 116 cm³/mol. The Morgan fingerprint density at radius 2 is 1.80 bits per heavy atom. The Hall–Kier alpha value is -2.52. The number of hydrogen-bond acceptors (Lipinski definition) is 5. The number of anilines is 1. The lowest BCUT2D eigenvalue weighted by molar-refractivity contribution is 0.100. The summed E-state index contributed by atoms with van der Waals surface area (Å²) in [6.45, 7) is 1.64. The summed E-state index contributed by atoms with van der Waals surface area (Å²) in [5, 5.41) is 0.588. The minimum absolute atomic E-state index is 0.0325. The highest BCUT2D eigenvalue weighted by Gasteiger charge is 2.22. The van der Waals surface area contributed by atoms with E-state index >= 15 is 0 Å². The van der Waals surface area contributed by atoms with Crippen LogP contribution in [0, 0.1) is 6.92 Å². The second kappa shape index (κ2) is 8.69. The highest BCUT2D eigenvalue weighted by Crippen LogP contribution is 2.35. The fourth-order valence-electron chi connectivity index (χ4n) is 2.46. The standard InChI is InChI=1S/C19H14Cl3N3O4S/c1-10-4-18(15(22)7-14(10)21)30(27,28)25-16-5-11(19(23)26)2-3-17(16)29-13-6-12(20)8-24-9-13/h2-9,25H,1H3,(H2,23,26). The van der Waals surface area contributed by atoms with Crippen LogP contribution in [0.2, 0.25) is 15.1 Å². The van der Waals surface area contributed by atoms with Gasteiger partial charge in [0.05, 0.1) is 21.9 Å². The molecule has 0 atom stereocenters. The molecule has 11 heteroatoms. The molecule has 3 N–H and O–H groups in total. The number of carbonyl (C=O) groups is 1. The van der Waals surface area contributed by atoms with Crippen LogP contribution < -0.4 is 15.2 Å². The molecule has 2 aromatic carbocycles. The maximum absolute atomic E-state index is 13.0. The van der Waals surface area contributed by atoms with Crippen molar-refractivity contribution in [2.45, 2.75) is 11.8 Å². The van der Waals surface area contributed by atoms with Gasteiger partial charge < -0.3 is 10.5 Å². The molecule has 0 saturated heterocycles. The van der Waals surface area contributed by atoms with Gasteiger partial charge in [-0.15, -0.1) is 0 Å². The lowest BCUT2D eigenvalue weighted by Gasteiger charge is -2.15. The highest BCUT2D eigenvalue weighted by molar-refractivity contribution is 7.92. The van der Waals surface area contributed by atoms with Crippen LogP contribution in [-0.2, 0) is 10.0 Å². The third-order valence-electron chi connectivity index (χ3n) is 3.92. The smallest absolute Gasteiger partial charge is 0.263 e. The Bertz CT molecular complexity index is 1250.